The van der Waals surface area contributed by atoms with Crippen LogP contribution >= 0.6 is 11.6 Å². The van der Waals surface area contributed by atoms with E-state index in [2.05, 4.69) is 73.2 Å². The number of halogens is 3. The topological polar surface area (TPSA) is 168 Å². The Bertz CT molecular complexity index is 3150. The molecular formula is C54H60ClF2N13O3. The van der Waals surface area contributed by atoms with Crippen LogP contribution in [0.4, 0.5) is 26.2 Å². The summed E-state index contributed by atoms with van der Waals surface area (Å²) >= 11 is 6.28. The number of rotatable bonds is 10. The first kappa shape index (κ1) is 48.4. The lowest BCUT2D eigenvalue weighted by Gasteiger charge is -2.63. The zero-order chi connectivity index (χ0) is 51.1. The van der Waals surface area contributed by atoms with Gasteiger partial charge in [-0.1, -0.05) is 39.3 Å². The smallest absolute Gasteiger partial charge is 0.264 e. The Morgan fingerprint density at radius 1 is 0.945 bits per heavy atom. The number of imidazole rings is 1. The van der Waals surface area contributed by atoms with Crippen LogP contribution in [0.25, 0.3) is 11.1 Å². The summed E-state index contributed by atoms with van der Waals surface area (Å²) in [6.07, 6.45) is 11.4. The second kappa shape index (κ2) is 18.6. The molecule has 2 fully saturated rings. The van der Waals surface area contributed by atoms with E-state index in [1.807, 2.05) is 17.2 Å². The minimum Gasteiger partial charge on any atom is -0.489 e. The Hall–Kier alpha value is -6.87. The maximum atomic E-state index is 14.8. The highest BCUT2D eigenvalue weighted by Crippen LogP contribution is 2.56. The van der Waals surface area contributed by atoms with E-state index in [-0.39, 0.29) is 41.5 Å². The summed E-state index contributed by atoms with van der Waals surface area (Å²) in [5.74, 6) is 3.04. The van der Waals surface area contributed by atoms with Crippen LogP contribution in [0, 0.1) is 22.2 Å². The quantitative estimate of drug-likeness (QED) is 0.139. The zero-order valence-electron chi connectivity index (χ0n) is 42.1. The minimum atomic E-state index is -2.68. The van der Waals surface area contributed by atoms with Crippen LogP contribution < -0.4 is 19.9 Å². The Labute approximate surface area is 428 Å². The number of piperidine rings is 1. The van der Waals surface area contributed by atoms with Gasteiger partial charge in [0.05, 0.1) is 34.9 Å². The van der Waals surface area contributed by atoms with Crippen LogP contribution in [-0.4, -0.2) is 94.1 Å². The van der Waals surface area contributed by atoms with Crippen molar-refractivity contribution >= 4 is 40.9 Å². The molecule has 8 heterocycles. The number of nitrogens with one attached hydrogen (secondary N) is 1. The Morgan fingerprint density at radius 3 is 2.40 bits per heavy atom. The highest BCUT2D eigenvalue weighted by atomic mass is 35.5. The first-order valence-electron chi connectivity index (χ1n) is 25.4. The molecule has 1 saturated heterocycles. The molecule has 0 bridgehead atoms. The molecule has 1 saturated carbocycles. The third-order valence-electron chi connectivity index (χ3n) is 16.3. The van der Waals surface area contributed by atoms with E-state index in [0.29, 0.717) is 65.0 Å². The Balaban J connectivity index is 0.751. The fourth-order valence-electron chi connectivity index (χ4n) is 12.8. The van der Waals surface area contributed by atoms with Gasteiger partial charge in [-0.3, -0.25) is 19.0 Å². The summed E-state index contributed by atoms with van der Waals surface area (Å²) in [4.78, 5) is 46.9. The molecule has 73 heavy (non-hydrogen) atoms. The van der Waals surface area contributed by atoms with E-state index >= 15 is 0 Å². The number of amides is 2. The number of nitrogens with zero attached hydrogens (tertiary/aromatic N) is 12. The molecule has 5 aliphatic rings. The molecule has 4 aromatic heterocycles. The second-order valence-electron chi connectivity index (χ2n) is 21.7. The highest BCUT2D eigenvalue weighted by Gasteiger charge is 2.64. The van der Waals surface area contributed by atoms with Gasteiger partial charge in [0.15, 0.2) is 5.82 Å². The maximum Gasteiger partial charge on any atom is 0.264 e. The molecule has 11 rings (SSSR count). The van der Waals surface area contributed by atoms with Gasteiger partial charge in [-0.2, -0.15) is 15.5 Å². The summed E-state index contributed by atoms with van der Waals surface area (Å²) in [5.41, 5.74) is 6.10. The van der Waals surface area contributed by atoms with Crippen molar-refractivity contribution < 1.29 is 23.1 Å². The van der Waals surface area contributed by atoms with Crippen molar-refractivity contribution in [2.24, 2.45) is 17.9 Å². The molecule has 1 N–H and O–H groups in total. The summed E-state index contributed by atoms with van der Waals surface area (Å²) in [7, 11) is 1.78. The zero-order valence-corrected chi connectivity index (χ0v) is 42.8. The lowest BCUT2D eigenvalue weighted by atomic mass is 9.49. The summed E-state index contributed by atoms with van der Waals surface area (Å²) in [6.45, 7) is 13.8. The van der Waals surface area contributed by atoms with Gasteiger partial charge in [-0.05, 0) is 67.5 Å². The molecule has 0 radical (unpaired) electrons. The third kappa shape index (κ3) is 8.56. The predicted octanol–water partition coefficient (Wildman–Crippen LogP) is 8.91. The van der Waals surface area contributed by atoms with Gasteiger partial charge >= 0.3 is 0 Å². The van der Waals surface area contributed by atoms with E-state index in [1.54, 1.807) is 67.7 Å². The molecule has 380 valence electrons. The van der Waals surface area contributed by atoms with Gasteiger partial charge in [-0.25, -0.2) is 23.7 Å². The fourth-order valence-corrected chi connectivity index (χ4v) is 13.0. The average Bonchev–Trinajstić information content (AvgIpc) is 4.13. The van der Waals surface area contributed by atoms with Crippen molar-refractivity contribution in [3.8, 4) is 22.9 Å². The van der Waals surface area contributed by atoms with E-state index < -0.39 is 17.3 Å². The first-order valence-corrected chi connectivity index (χ1v) is 25.7. The summed E-state index contributed by atoms with van der Waals surface area (Å²) < 4.78 is 42.3. The van der Waals surface area contributed by atoms with Crippen LogP contribution in [0.5, 0.6) is 5.75 Å². The number of aromatic nitrogens is 8. The molecule has 2 amide bonds. The van der Waals surface area contributed by atoms with Crippen molar-refractivity contribution in [3.63, 3.8) is 0 Å². The van der Waals surface area contributed by atoms with Crippen molar-refractivity contribution in [3.05, 3.63) is 111 Å². The van der Waals surface area contributed by atoms with Crippen LogP contribution in [0.15, 0.2) is 61.3 Å². The monoisotopic (exact) mass is 1010 g/mol. The normalized spacial score (nSPS) is 21.2. The fraction of sp³-hybridized carbons (Fsp3) is 0.481. The molecular weight excluding hydrogens is 952 g/mol. The minimum absolute atomic E-state index is 0.00330. The lowest BCUT2D eigenvalue weighted by Crippen LogP contribution is -2.74. The Kier molecular flexibility index (Phi) is 12.3. The number of fused-ring (bicyclic) bond motifs is 3. The van der Waals surface area contributed by atoms with E-state index in [4.69, 9.17) is 26.4 Å². The summed E-state index contributed by atoms with van der Waals surface area (Å²) in [6, 6.07) is 10.6. The molecule has 1 atom stereocenters. The molecule has 19 heteroatoms. The van der Waals surface area contributed by atoms with E-state index in [9.17, 15) is 23.6 Å². The highest BCUT2D eigenvalue weighted by molar-refractivity contribution is 6.31. The number of aryl methyl sites for hydroxylation is 2. The lowest BCUT2D eigenvalue weighted by molar-refractivity contribution is -0.164. The average molecular weight is 1010 g/mol. The number of hydrogen-bond donors (Lipinski definition) is 1. The number of benzene rings is 2. The number of ether oxygens (including phenoxy) is 1. The number of carbonyl (C=O) groups is 2. The molecule has 16 nitrogen and oxygen atoms in total. The molecule has 6 aromatic rings. The van der Waals surface area contributed by atoms with Gasteiger partial charge in [0.25, 0.3) is 12.3 Å². The van der Waals surface area contributed by atoms with Gasteiger partial charge in [-0.15, -0.1) is 0 Å². The van der Waals surface area contributed by atoms with Gasteiger partial charge in [0.2, 0.25) is 11.9 Å². The van der Waals surface area contributed by atoms with Crippen molar-refractivity contribution in [2.75, 3.05) is 36.0 Å². The largest absolute Gasteiger partial charge is 0.489 e. The number of alkyl halides is 2. The number of nitriles is 1. The molecule has 4 aliphatic heterocycles. The third-order valence-corrected chi connectivity index (χ3v) is 16.6. The van der Waals surface area contributed by atoms with Crippen LogP contribution in [0.1, 0.15) is 129 Å². The maximum absolute atomic E-state index is 14.8. The Morgan fingerprint density at radius 2 is 1.71 bits per heavy atom. The molecule has 0 spiro atoms. The SMILES string of the molecule is CC(=O)N1CCc2c(c(N3CCCc4cc(-c5cnn(C)c5)c(C(F)F)cc43)nn2C2CCn3c(cnc3C3CCN(c4ncc(C(=O)NC5C(C)(C)C(Oc6ccc(C#N)c(Cl)c6)C5(C)C)cn4)CC3)C2)C1. The van der Waals surface area contributed by atoms with Crippen LogP contribution in [-0.2, 0) is 44.2 Å². The van der Waals surface area contributed by atoms with E-state index in [0.717, 1.165) is 92.3 Å². The van der Waals surface area contributed by atoms with Gasteiger partial charge in [0.1, 0.15) is 23.7 Å². The number of anilines is 3. The van der Waals surface area contributed by atoms with Crippen molar-refractivity contribution in [2.45, 2.75) is 123 Å². The van der Waals surface area contributed by atoms with Gasteiger partial charge < -0.3 is 29.3 Å². The second-order valence-corrected chi connectivity index (χ2v) is 22.1. The molecule has 1 unspecified atom stereocenters. The molecule has 2 aromatic carbocycles. The van der Waals surface area contributed by atoms with E-state index in [1.165, 1.54) is 5.69 Å². The van der Waals surface area contributed by atoms with Crippen molar-refractivity contribution in [1.82, 2.24) is 49.3 Å². The summed E-state index contributed by atoms with van der Waals surface area (Å²) in [5, 5.41) is 22.5. The standard InChI is InChI=1S/C54H60ClF2N13O3/c1-31(71)67-18-14-44-42(30-67)48(69-15-7-8-33-20-40(36-27-62-65(6)29-36)41(46(56)57)23-45(33)69)64-70(44)37-13-19-68-38(21-37)28-59-47(68)32-11-16-66(17-12-32)52-60-25-35(26-61-52)49(72)63-50-53(2,3)51(54(50,4)5)73-39-10-9-34(24-58)43(55)22-39/h9-10,20,22-23,25-29,32,37,46,50-51H,7-8,11-19,21,30H2,1-6H3,(H,63,72). The number of carbonyl (C=O) groups excluding carboxylic acids is 2. The predicted molar refractivity (Wildman–Crippen MR) is 271 cm³/mol. The molecule has 1 aliphatic carbocycles. The first-order chi connectivity index (χ1) is 35.0. The van der Waals surface area contributed by atoms with Crippen LogP contribution in [0.3, 0.4) is 0 Å². The number of hydrogen-bond acceptors (Lipinski definition) is 11. The van der Waals surface area contributed by atoms with Gasteiger partial charge in [0, 0.05) is 147 Å². The van der Waals surface area contributed by atoms with Crippen LogP contribution in [0.2, 0.25) is 5.02 Å². The van der Waals surface area contributed by atoms with Crippen molar-refractivity contribution in [1.29, 1.82) is 5.26 Å².